The normalized spacial score (nSPS) is 10.1. The van der Waals surface area contributed by atoms with E-state index in [1.165, 1.54) is 0 Å². The fraction of sp³-hybridized carbons (Fsp3) is 0.188. The molecular formula is C16H18N2O2. The fourth-order valence-electron chi connectivity index (χ4n) is 1.91. The molecule has 0 aliphatic carbocycles. The second-order valence-electron chi connectivity index (χ2n) is 4.63. The average Bonchev–Trinajstić information content (AvgIpc) is 2.47. The Balaban J connectivity index is 2.12. The van der Waals surface area contributed by atoms with E-state index in [1.54, 1.807) is 25.2 Å². The molecule has 0 bridgehead atoms. The van der Waals surface area contributed by atoms with Crippen molar-refractivity contribution in [1.29, 1.82) is 0 Å². The first-order valence-corrected chi connectivity index (χ1v) is 6.44. The molecular weight excluding hydrogens is 252 g/mol. The number of aromatic hydroxyl groups is 1. The number of anilines is 1. The van der Waals surface area contributed by atoms with E-state index in [2.05, 4.69) is 10.6 Å². The number of amides is 1. The SMILES string of the molecule is CNC(=O)c1ccc(C)c(NCc2ccc(O)cc2)c1. The Bertz CT molecular complexity index is 606. The second-order valence-corrected chi connectivity index (χ2v) is 4.63. The van der Waals surface area contributed by atoms with E-state index < -0.39 is 0 Å². The summed E-state index contributed by atoms with van der Waals surface area (Å²) in [4.78, 5) is 11.6. The minimum atomic E-state index is -0.0994. The van der Waals surface area contributed by atoms with Gasteiger partial charge in [0.2, 0.25) is 0 Å². The largest absolute Gasteiger partial charge is 0.508 e. The van der Waals surface area contributed by atoms with Crippen molar-refractivity contribution in [2.24, 2.45) is 0 Å². The molecule has 3 N–H and O–H groups in total. The Kier molecular flexibility index (Phi) is 4.25. The van der Waals surface area contributed by atoms with E-state index in [0.717, 1.165) is 16.8 Å². The van der Waals surface area contributed by atoms with Crippen molar-refractivity contribution in [3.05, 3.63) is 59.2 Å². The minimum absolute atomic E-state index is 0.0994. The number of phenolic OH excluding ortho intramolecular Hbond substituents is 1. The standard InChI is InChI=1S/C16H18N2O2/c1-11-3-6-13(16(20)17-2)9-15(11)18-10-12-4-7-14(19)8-5-12/h3-9,18-19H,10H2,1-2H3,(H,17,20). The van der Waals surface area contributed by atoms with Crippen LogP contribution in [0.1, 0.15) is 21.5 Å². The highest BCUT2D eigenvalue weighted by Crippen LogP contribution is 2.18. The summed E-state index contributed by atoms with van der Waals surface area (Å²) in [5.41, 5.74) is 3.70. The molecule has 0 spiro atoms. The lowest BCUT2D eigenvalue weighted by Gasteiger charge is -2.11. The molecule has 0 saturated heterocycles. The van der Waals surface area contributed by atoms with Gasteiger partial charge >= 0.3 is 0 Å². The Morgan fingerprint density at radius 1 is 1.15 bits per heavy atom. The van der Waals surface area contributed by atoms with Gasteiger partial charge in [-0.3, -0.25) is 4.79 Å². The third-order valence-corrected chi connectivity index (χ3v) is 3.15. The lowest BCUT2D eigenvalue weighted by molar-refractivity contribution is 0.0963. The molecule has 4 nitrogen and oxygen atoms in total. The summed E-state index contributed by atoms with van der Waals surface area (Å²) in [6.45, 7) is 2.63. The monoisotopic (exact) mass is 270 g/mol. The van der Waals surface area contributed by atoms with Crippen molar-refractivity contribution in [3.8, 4) is 5.75 Å². The van der Waals surface area contributed by atoms with Crippen LogP contribution < -0.4 is 10.6 Å². The maximum Gasteiger partial charge on any atom is 0.251 e. The molecule has 0 heterocycles. The van der Waals surface area contributed by atoms with Crippen LogP contribution in [0.25, 0.3) is 0 Å². The minimum Gasteiger partial charge on any atom is -0.508 e. The quantitative estimate of drug-likeness (QED) is 0.800. The van der Waals surface area contributed by atoms with Gasteiger partial charge in [0.05, 0.1) is 0 Å². The number of phenols is 1. The average molecular weight is 270 g/mol. The van der Waals surface area contributed by atoms with Gasteiger partial charge in [-0.2, -0.15) is 0 Å². The maximum absolute atomic E-state index is 11.6. The number of carbonyl (C=O) groups is 1. The molecule has 2 aromatic rings. The van der Waals surface area contributed by atoms with Crippen molar-refractivity contribution in [2.75, 3.05) is 12.4 Å². The summed E-state index contributed by atoms with van der Waals surface area (Å²) >= 11 is 0. The Labute approximate surface area is 118 Å². The number of carbonyl (C=O) groups excluding carboxylic acids is 1. The van der Waals surface area contributed by atoms with Crippen LogP contribution in [0.3, 0.4) is 0 Å². The Morgan fingerprint density at radius 3 is 2.50 bits per heavy atom. The molecule has 104 valence electrons. The molecule has 20 heavy (non-hydrogen) atoms. The summed E-state index contributed by atoms with van der Waals surface area (Å²) in [6.07, 6.45) is 0. The summed E-state index contributed by atoms with van der Waals surface area (Å²) in [5.74, 6) is 0.157. The molecule has 0 aromatic heterocycles. The van der Waals surface area contributed by atoms with Gasteiger partial charge in [0.1, 0.15) is 5.75 Å². The zero-order valence-corrected chi connectivity index (χ0v) is 11.6. The molecule has 0 atom stereocenters. The fourth-order valence-corrected chi connectivity index (χ4v) is 1.91. The highest BCUT2D eigenvalue weighted by Gasteiger charge is 2.06. The third-order valence-electron chi connectivity index (χ3n) is 3.15. The van der Waals surface area contributed by atoms with Crippen molar-refractivity contribution in [3.63, 3.8) is 0 Å². The predicted molar refractivity (Wildman–Crippen MR) is 80.0 cm³/mol. The molecule has 1 amide bonds. The van der Waals surface area contributed by atoms with Crippen molar-refractivity contribution in [2.45, 2.75) is 13.5 Å². The topological polar surface area (TPSA) is 61.4 Å². The first kappa shape index (κ1) is 13.9. The van der Waals surface area contributed by atoms with E-state index >= 15 is 0 Å². The number of hydrogen-bond donors (Lipinski definition) is 3. The van der Waals surface area contributed by atoms with Crippen molar-refractivity contribution in [1.82, 2.24) is 5.32 Å². The van der Waals surface area contributed by atoms with Gasteiger partial charge in [0, 0.05) is 24.8 Å². The number of benzene rings is 2. The van der Waals surface area contributed by atoms with E-state index in [4.69, 9.17) is 0 Å². The van der Waals surface area contributed by atoms with E-state index in [0.29, 0.717) is 12.1 Å². The van der Waals surface area contributed by atoms with E-state index in [9.17, 15) is 9.90 Å². The van der Waals surface area contributed by atoms with E-state index in [1.807, 2.05) is 31.2 Å². The number of aryl methyl sites for hydroxylation is 1. The van der Waals surface area contributed by atoms with Crippen LogP contribution in [-0.2, 0) is 6.54 Å². The smallest absolute Gasteiger partial charge is 0.251 e. The lowest BCUT2D eigenvalue weighted by atomic mass is 10.1. The molecule has 4 heteroatoms. The van der Waals surface area contributed by atoms with Crippen molar-refractivity contribution < 1.29 is 9.90 Å². The van der Waals surface area contributed by atoms with Crippen LogP contribution in [0, 0.1) is 6.92 Å². The molecule has 0 saturated carbocycles. The Hall–Kier alpha value is -2.49. The van der Waals surface area contributed by atoms with Gasteiger partial charge < -0.3 is 15.7 Å². The van der Waals surface area contributed by atoms with Gasteiger partial charge in [-0.1, -0.05) is 18.2 Å². The van der Waals surface area contributed by atoms with Gasteiger partial charge in [0.25, 0.3) is 5.91 Å². The first-order valence-electron chi connectivity index (χ1n) is 6.44. The summed E-state index contributed by atoms with van der Waals surface area (Å²) in [7, 11) is 1.62. The lowest BCUT2D eigenvalue weighted by Crippen LogP contribution is -2.18. The molecule has 0 radical (unpaired) electrons. The van der Waals surface area contributed by atoms with Gasteiger partial charge in [0.15, 0.2) is 0 Å². The highest BCUT2D eigenvalue weighted by molar-refractivity contribution is 5.95. The van der Waals surface area contributed by atoms with E-state index in [-0.39, 0.29) is 11.7 Å². The zero-order valence-electron chi connectivity index (χ0n) is 11.6. The van der Waals surface area contributed by atoms with Crippen LogP contribution in [-0.4, -0.2) is 18.1 Å². The van der Waals surface area contributed by atoms with Crippen LogP contribution in [0.5, 0.6) is 5.75 Å². The van der Waals surface area contributed by atoms with Gasteiger partial charge in [-0.25, -0.2) is 0 Å². The third kappa shape index (κ3) is 3.29. The van der Waals surface area contributed by atoms with Crippen LogP contribution in [0.2, 0.25) is 0 Å². The summed E-state index contributed by atoms with van der Waals surface area (Å²) in [5, 5.41) is 15.2. The van der Waals surface area contributed by atoms with Gasteiger partial charge in [-0.15, -0.1) is 0 Å². The zero-order chi connectivity index (χ0) is 14.5. The van der Waals surface area contributed by atoms with Gasteiger partial charge in [-0.05, 0) is 42.3 Å². The first-order chi connectivity index (χ1) is 9.60. The molecule has 0 aliphatic rings. The molecule has 0 fully saturated rings. The molecule has 2 rings (SSSR count). The van der Waals surface area contributed by atoms with Crippen LogP contribution in [0.4, 0.5) is 5.69 Å². The Morgan fingerprint density at radius 2 is 1.85 bits per heavy atom. The summed E-state index contributed by atoms with van der Waals surface area (Å²) in [6, 6.07) is 12.6. The molecule has 0 unspecified atom stereocenters. The number of rotatable bonds is 4. The number of nitrogens with one attached hydrogen (secondary N) is 2. The molecule has 0 aliphatic heterocycles. The summed E-state index contributed by atoms with van der Waals surface area (Å²) < 4.78 is 0. The molecule has 2 aromatic carbocycles. The maximum atomic E-state index is 11.6. The van der Waals surface area contributed by atoms with Crippen LogP contribution >= 0.6 is 0 Å². The predicted octanol–water partition coefficient (Wildman–Crippen LogP) is 2.67. The second kappa shape index (κ2) is 6.10. The van der Waals surface area contributed by atoms with Crippen LogP contribution in [0.15, 0.2) is 42.5 Å². The highest BCUT2D eigenvalue weighted by atomic mass is 16.3. The van der Waals surface area contributed by atoms with Crippen molar-refractivity contribution >= 4 is 11.6 Å². The number of hydrogen-bond acceptors (Lipinski definition) is 3.